The minimum atomic E-state index is -3.57. The number of anilines is 1. The number of aryl methyl sites for hydroxylation is 1. The first-order chi connectivity index (χ1) is 16.6. The number of sulfonamides is 1. The van der Waals surface area contributed by atoms with Crippen LogP contribution in [0.2, 0.25) is 0 Å². The first-order valence-corrected chi connectivity index (χ1v) is 13.7. The number of hydrogen-bond acceptors (Lipinski definition) is 5. The van der Waals surface area contributed by atoms with Gasteiger partial charge in [-0.05, 0) is 44.4 Å². The second kappa shape index (κ2) is 13.1. The summed E-state index contributed by atoms with van der Waals surface area (Å²) >= 11 is 0. The number of carbonyl (C=O) groups is 2. The van der Waals surface area contributed by atoms with Gasteiger partial charge in [-0.1, -0.05) is 42.8 Å². The SMILES string of the molecule is CCCNC(=O)[C@@H](C)N(Cc1cccc(C)c1)C(=O)CCCN(c1cccc(OC)c1)S(C)(=O)=O. The van der Waals surface area contributed by atoms with Gasteiger partial charge in [0.2, 0.25) is 21.8 Å². The Morgan fingerprint density at radius 3 is 2.46 bits per heavy atom. The van der Waals surface area contributed by atoms with Crippen LogP contribution in [0.5, 0.6) is 5.75 Å². The first kappa shape index (κ1) is 28.2. The number of nitrogens with one attached hydrogen (secondary N) is 1. The van der Waals surface area contributed by atoms with E-state index in [-0.39, 0.29) is 24.8 Å². The number of hydrogen-bond donors (Lipinski definition) is 1. The van der Waals surface area contributed by atoms with Gasteiger partial charge in [-0.3, -0.25) is 13.9 Å². The lowest BCUT2D eigenvalue weighted by Gasteiger charge is -2.29. The molecule has 2 aromatic rings. The topological polar surface area (TPSA) is 96.0 Å². The molecule has 2 amide bonds. The number of methoxy groups -OCH3 is 1. The molecule has 0 aromatic heterocycles. The van der Waals surface area contributed by atoms with E-state index in [1.54, 1.807) is 36.1 Å². The summed E-state index contributed by atoms with van der Waals surface area (Å²) in [7, 11) is -2.05. The molecule has 0 aliphatic heterocycles. The Bertz CT molecular complexity index is 1100. The van der Waals surface area contributed by atoms with Crippen LogP contribution < -0.4 is 14.4 Å². The Morgan fingerprint density at radius 2 is 1.83 bits per heavy atom. The Balaban J connectivity index is 2.16. The van der Waals surface area contributed by atoms with Crippen LogP contribution in [-0.4, -0.2) is 57.6 Å². The second-order valence-electron chi connectivity index (χ2n) is 8.62. The molecule has 0 unspecified atom stereocenters. The van der Waals surface area contributed by atoms with Gasteiger partial charge >= 0.3 is 0 Å². The average molecular weight is 504 g/mol. The van der Waals surface area contributed by atoms with Crippen LogP contribution in [-0.2, 0) is 26.2 Å². The minimum Gasteiger partial charge on any atom is -0.497 e. The lowest BCUT2D eigenvalue weighted by Crippen LogP contribution is -2.47. The van der Waals surface area contributed by atoms with Gasteiger partial charge < -0.3 is 15.0 Å². The Kier molecular flexibility index (Phi) is 10.6. The Morgan fingerprint density at radius 1 is 1.11 bits per heavy atom. The van der Waals surface area contributed by atoms with Crippen LogP contribution in [0.25, 0.3) is 0 Å². The summed E-state index contributed by atoms with van der Waals surface area (Å²) in [5, 5.41) is 2.86. The van der Waals surface area contributed by atoms with Crippen molar-refractivity contribution in [3.05, 3.63) is 59.7 Å². The van der Waals surface area contributed by atoms with Crippen molar-refractivity contribution in [3.8, 4) is 5.75 Å². The molecule has 8 nitrogen and oxygen atoms in total. The average Bonchev–Trinajstić information content (AvgIpc) is 2.82. The second-order valence-corrected chi connectivity index (χ2v) is 10.5. The number of carbonyl (C=O) groups excluding carboxylic acids is 2. The zero-order valence-electron chi connectivity index (χ0n) is 21.3. The highest BCUT2D eigenvalue weighted by Crippen LogP contribution is 2.24. The molecule has 192 valence electrons. The summed E-state index contributed by atoms with van der Waals surface area (Å²) in [5.74, 6) is 0.134. The van der Waals surface area contributed by atoms with E-state index in [9.17, 15) is 18.0 Å². The maximum absolute atomic E-state index is 13.3. The summed E-state index contributed by atoms with van der Waals surface area (Å²) in [4.78, 5) is 27.5. The fourth-order valence-electron chi connectivity index (χ4n) is 3.76. The Hall–Kier alpha value is -3.07. The van der Waals surface area contributed by atoms with Crippen molar-refractivity contribution in [3.63, 3.8) is 0 Å². The summed E-state index contributed by atoms with van der Waals surface area (Å²) in [6, 6.07) is 14.0. The number of ether oxygens (including phenoxy) is 1. The molecular weight excluding hydrogens is 466 g/mol. The zero-order valence-corrected chi connectivity index (χ0v) is 22.1. The fourth-order valence-corrected chi connectivity index (χ4v) is 4.71. The largest absolute Gasteiger partial charge is 0.497 e. The lowest BCUT2D eigenvalue weighted by molar-refractivity contribution is -0.140. The zero-order chi connectivity index (χ0) is 26.0. The molecule has 0 radical (unpaired) electrons. The van der Waals surface area contributed by atoms with Crippen molar-refractivity contribution in [2.24, 2.45) is 0 Å². The van der Waals surface area contributed by atoms with Crippen molar-refractivity contribution in [1.29, 1.82) is 0 Å². The van der Waals surface area contributed by atoms with Crippen molar-refractivity contribution in [2.75, 3.05) is 30.8 Å². The van der Waals surface area contributed by atoms with Crippen molar-refractivity contribution in [1.82, 2.24) is 10.2 Å². The summed E-state index contributed by atoms with van der Waals surface area (Å²) in [6.45, 7) is 6.64. The molecule has 0 bridgehead atoms. The van der Waals surface area contributed by atoms with Crippen molar-refractivity contribution < 1.29 is 22.7 Å². The van der Waals surface area contributed by atoms with Crippen LogP contribution in [0, 0.1) is 6.92 Å². The van der Waals surface area contributed by atoms with E-state index in [1.165, 1.54) is 11.4 Å². The monoisotopic (exact) mass is 503 g/mol. The molecular formula is C26H37N3O5S. The molecule has 2 rings (SSSR count). The van der Waals surface area contributed by atoms with Gasteiger partial charge in [0.05, 0.1) is 19.1 Å². The Labute approximate surface area is 209 Å². The maximum atomic E-state index is 13.3. The van der Waals surface area contributed by atoms with Crippen LogP contribution in [0.4, 0.5) is 5.69 Å². The quantitative estimate of drug-likeness (QED) is 0.451. The highest BCUT2D eigenvalue weighted by molar-refractivity contribution is 7.92. The molecule has 0 spiro atoms. The van der Waals surface area contributed by atoms with Crippen LogP contribution in [0.1, 0.15) is 44.2 Å². The van der Waals surface area contributed by atoms with Gasteiger partial charge in [0.15, 0.2) is 0 Å². The minimum absolute atomic E-state index is 0.104. The van der Waals surface area contributed by atoms with Gasteiger partial charge in [-0.25, -0.2) is 8.42 Å². The highest BCUT2D eigenvalue weighted by atomic mass is 32.2. The number of nitrogens with zero attached hydrogens (tertiary/aromatic N) is 2. The molecule has 0 aliphatic rings. The molecule has 0 saturated heterocycles. The predicted octanol–water partition coefficient (Wildman–Crippen LogP) is 3.49. The van der Waals surface area contributed by atoms with E-state index >= 15 is 0 Å². The third-order valence-corrected chi connectivity index (χ3v) is 6.84. The fraction of sp³-hybridized carbons (Fsp3) is 0.462. The third kappa shape index (κ3) is 8.58. The van der Waals surface area contributed by atoms with Crippen LogP contribution >= 0.6 is 0 Å². The summed E-state index contributed by atoms with van der Waals surface area (Å²) in [6.07, 6.45) is 2.35. The molecule has 35 heavy (non-hydrogen) atoms. The van der Waals surface area contributed by atoms with E-state index in [0.717, 1.165) is 23.8 Å². The highest BCUT2D eigenvalue weighted by Gasteiger charge is 2.26. The molecule has 0 fully saturated rings. The lowest BCUT2D eigenvalue weighted by atomic mass is 10.1. The smallest absolute Gasteiger partial charge is 0.242 e. The van der Waals surface area contributed by atoms with Gasteiger partial charge in [-0.2, -0.15) is 0 Å². The molecule has 2 aromatic carbocycles. The summed E-state index contributed by atoms with van der Waals surface area (Å²) in [5.41, 5.74) is 2.48. The van der Waals surface area contributed by atoms with E-state index in [0.29, 0.717) is 30.9 Å². The first-order valence-electron chi connectivity index (χ1n) is 11.8. The molecule has 1 N–H and O–H groups in total. The molecule has 0 saturated carbocycles. The van der Waals surface area contributed by atoms with Crippen molar-refractivity contribution >= 4 is 27.5 Å². The summed E-state index contributed by atoms with van der Waals surface area (Å²) < 4.78 is 31.4. The van der Waals surface area contributed by atoms with Gasteiger partial charge in [0.25, 0.3) is 0 Å². The van der Waals surface area contributed by atoms with Gasteiger partial charge in [0, 0.05) is 32.1 Å². The number of amides is 2. The van der Waals surface area contributed by atoms with Gasteiger partial charge in [0.1, 0.15) is 11.8 Å². The van der Waals surface area contributed by atoms with Crippen LogP contribution in [0.15, 0.2) is 48.5 Å². The van der Waals surface area contributed by atoms with E-state index in [4.69, 9.17) is 4.74 Å². The normalized spacial score (nSPS) is 12.0. The van der Waals surface area contributed by atoms with Crippen molar-refractivity contribution in [2.45, 2.75) is 52.6 Å². The van der Waals surface area contributed by atoms with E-state index in [2.05, 4.69) is 5.32 Å². The van der Waals surface area contributed by atoms with E-state index < -0.39 is 16.1 Å². The van der Waals surface area contributed by atoms with Gasteiger partial charge in [-0.15, -0.1) is 0 Å². The van der Waals surface area contributed by atoms with Crippen LogP contribution in [0.3, 0.4) is 0 Å². The molecule has 1 atom stereocenters. The molecule has 0 aliphatic carbocycles. The maximum Gasteiger partial charge on any atom is 0.242 e. The third-order valence-electron chi connectivity index (χ3n) is 5.65. The predicted molar refractivity (Wildman–Crippen MR) is 139 cm³/mol. The molecule has 9 heteroatoms. The number of rotatable bonds is 13. The molecule has 0 heterocycles. The standard InChI is InChI=1S/C26H37N3O5S/c1-6-15-27-26(31)21(3)28(19-22-11-7-10-20(2)17-22)25(30)14-9-16-29(35(5,32)33)23-12-8-13-24(18-23)34-4/h7-8,10-13,17-18,21H,6,9,14-16,19H2,1-5H3,(H,27,31)/t21-/m1/s1. The number of benzene rings is 2. The van der Waals surface area contributed by atoms with E-state index in [1.807, 2.05) is 38.1 Å².